The highest BCUT2D eigenvalue weighted by atomic mass is 16.6. The van der Waals surface area contributed by atoms with Gasteiger partial charge < -0.3 is 14.2 Å². The van der Waals surface area contributed by atoms with Crippen molar-refractivity contribution in [3.05, 3.63) is 48.6 Å². The van der Waals surface area contributed by atoms with Crippen molar-refractivity contribution in [2.75, 3.05) is 13.2 Å². The third-order valence-corrected chi connectivity index (χ3v) is 13.1. The van der Waals surface area contributed by atoms with Crippen LogP contribution in [0.2, 0.25) is 0 Å². The summed E-state index contributed by atoms with van der Waals surface area (Å²) in [5.74, 6) is -0.865. The first-order valence-electron chi connectivity index (χ1n) is 29.6. The van der Waals surface area contributed by atoms with Crippen LogP contribution in [0.1, 0.15) is 310 Å². The van der Waals surface area contributed by atoms with Crippen LogP contribution >= 0.6 is 0 Å². The molecule has 0 aliphatic carbocycles. The number of allylic oxidation sites excluding steroid dienone is 8. The van der Waals surface area contributed by atoms with Crippen molar-refractivity contribution < 1.29 is 28.6 Å². The average molecular weight is 954 g/mol. The van der Waals surface area contributed by atoms with Gasteiger partial charge in [-0.2, -0.15) is 0 Å². The predicted molar refractivity (Wildman–Crippen MR) is 293 cm³/mol. The third-order valence-electron chi connectivity index (χ3n) is 13.1. The summed E-state index contributed by atoms with van der Waals surface area (Å²) in [6.07, 6.45) is 70.4. The number of esters is 3. The van der Waals surface area contributed by atoms with E-state index in [1.165, 1.54) is 186 Å². The molecule has 0 bridgehead atoms. The fourth-order valence-electron chi connectivity index (χ4n) is 8.67. The van der Waals surface area contributed by atoms with E-state index in [0.29, 0.717) is 19.3 Å². The SMILES string of the molecule is CC/C=C\C/C=C\C/C=C\C/C=C\CCCCCCCCCCCCCCCCCCCCCCCCC(=O)OCC(COC(=O)CCCCCCCCC)OC(=O)CCCCCCCCCC. The molecule has 0 saturated heterocycles. The zero-order valence-corrected chi connectivity index (χ0v) is 45.4. The number of hydrogen-bond donors (Lipinski definition) is 0. The second-order valence-corrected chi connectivity index (χ2v) is 19.9. The standard InChI is InChI=1S/C62H112O6/c1-4-7-10-13-16-18-19-20-21-22-23-24-25-26-27-28-29-30-31-32-33-34-35-36-37-38-39-40-41-42-43-44-47-49-52-55-61(64)67-58-59(57-66-60(63)54-51-48-45-15-12-9-6-3)68-62(65)56-53-50-46-17-14-11-8-5-2/h7,10,16,18,20-21,23-24,59H,4-6,8-9,11-15,17,19,22,25-58H2,1-3H3/b10-7-,18-16-,21-20-,24-23-. The smallest absolute Gasteiger partial charge is 0.306 e. The molecule has 0 aliphatic heterocycles. The molecule has 1 atom stereocenters. The van der Waals surface area contributed by atoms with Crippen molar-refractivity contribution in [2.24, 2.45) is 0 Å². The number of hydrogen-bond acceptors (Lipinski definition) is 6. The van der Waals surface area contributed by atoms with Gasteiger partial charge in [-0.05, 0) is 57.8 Å². The average Bonchev–Trinajstić information content (AvgIpc) is 3.34. The molecule has 0 fully saturated rings. The summed E-state index contributed by atoms with van der Waals surface area (Å²) in [6, 6.07) is 0. The van der Waals surface area contributed by atoms with Gasteiger partial charge in [0.1, 0.15) is 13.2 Å². The molecule has 0 heterocycles. The fraction of sp³-hybridized carbons (Fsp3) is 0.823. The molecule has 0 aliphatic rings. The van der Waals surface area contributed by atoms with Crippen LogP contribution in [-0.2, 0) is 28.6 Å². The maximum Gasteiger partial charge on any atom is 0.306 e. The molecule has 0 radical (unpaired) electrons. The molecule has 0 aromatic heterocycles. The number of carbonyl (C=O) groups is 3. The lowest BCUT2D eigenvalue weighted by molar-refractivity contribution is -0.167. The van der Waals surface area contributed by atoms with E-state index in [9.17, 15) is 14.4 Å². The largest absolute Gasteiger partial charge is 0.462 e. The first kappa shape index (κ1) is 65.4. The molecule has 0 amide bonds. The van der Waals surface area contributed by atoms with Gasteiger partial charge >= 0.3 is 17.9 Å². The van der Waals surface area contributed by atoms with E-state index in [1.54, 1.807) is 0 Å². The summed E-state index contributed by atoms with van der Waals surface area (Å²) in [6.45, 7) is 6.48. The van der Waals surface area contributed by atoms with Crippen LogP contribution in [0.3, 0.4) is 0 Å². The van der Waals surface area contributed by atoms with Gasteiger partial charge in [0.15, 0.2) is 6.10 Å². The Labute approximate surface area is 422 Å². The van der Waals surface area contributed by atoms with Gasteiger partial charge in [0.25, 0.3) is 0 Å². The van der Waals surface area contributed by atoms with Crippen LogP contribution in [0, 0.1) is 0 Å². The van der Waals surface area contributed by atoms with Gasteiger partial charge in [0.05, 0.1) is 0 Å². The normalized spacial score (nSPS) is 12.3. The van der Waals surface area contributed by atoms with Gasteiger partial charge in [-0.3, -0.25) is 14.4 Å². The summed E-state index contributed by atoms with van der Waals surface area (Å²) in [7, 11) is 0. The van der Waals surface area contributed by atoms with E-state index in [2.05, 4.69) is 69.4 Å². The molecule has 0 saturated carbocycles. The van der Waals surface area contributed by atoms with Crippen molar-refractivity contribution in [1.82, 2.24) is 0 Å². The lowest BCUT2D eigenvalue weighted by Gasteiger charge is -2.18. The summed E-state index contributed by atoms with van der Waals surface area (Å²) in [4.78, 5) is 37.7. The van der Waals surface area contributed by atoms with Crippen LogP contribution in [0.4, 0.5) is 0 Å². The Morgan fingerprint density at radius 2 is 0.574 bits per heavy atom. The van der Waals surface area contributed by atoms with Crippen molar-refractivity contribution >= 4 is 17.9 Å². The Bertz CT molecular complexity index is 1190. The van der Waals surface area contributed by atoms with Crippen molar-refractivity contribution in [3.63, 3.8) is 0 Å². The Morgan fingerprint density at radius 1 is 0.309 bits per heavy atom. The molecule has 0 rings (SSSR count). The van der Waals surface area contributed by atoms with Crippen LogP contribution in [-0.4, -0.2) is 37.2 Å². The zero-order chi connectivity index (χ0) is 49.3. The summed E-state index contributed by atoms with van der Waals surface area (Å²) in [5, 5.41) is 0. The van der Waals surface area contributed by atoms with E-state index in [-0.39, 0.29) is 31.1 Å². The Hall–Kier alpha value is -2.63. The summed E-state index contributed by atoms with van der Waals surface area (Å²) in [5.41, 5.74) is 0. The highest BCUT2D eigenvalue weighted by Crippen LogP contribution is 2.17. The van der Waals surface area contributed by atoms with Gasteiger partial charge in [-0.1, -0.05) is 281 Å². The van der Waals surface area contributed by atoms with Gasteiger partial charge in [0, 0.05) is 19.3 Å². The Morgan fingerprint density at radius 3 is 0.897 bits per heavy atom. The Kier molecular flexibility index (Phi) is 54.8. The van der Waals surface area contributed by atoms with Gasteiger partial charge in [-0.15, -0.1) is 0 Å². The Balaban J connectivity index is 3.81. The number of carbonyl (C=O) groups excluding carboxylic acids is 3. The lowest BCUT2D eigenvalue weighted by atomic mass is 10.0. The first-order valence-corrected chi connectivity index (χ1v) is 29.6. The molecule has 68 heavy (non-hydrogen) atoms. The second-order valence-electron chi connectivity index (χ2n) is 19.9. The molecule has 1 unspecified atom stereocenters. The minimum Gasteiger partial charge on any atom is -0.462 e. The molecule has 0 spiro atoms. The van der Waals surface area contributed by atoms with E-state index >= 15 is 0 Å². The minimum absolute atomic E-state index is 0.0669. The first-order chi connectivity index (χ1) is 33.5. The second kappa shape index (κ2) is 57.0. The topological polar surface area (TPSA) is 78.9 Å². The van der Waals surface area contributed by atoms with E-state index < -0.39 is 6.10 Å². The maximum atomic E-state index is 12.7. The zero-order valence-electron chi connectivity index (χ0n) is 45.4. The molecule has 0 N–H and O–H groups in total. The molecule has 396 valence electrons. The molecular formula is C62H112O6. The number of ether oxygens (including phenoxy) is 3. The van der Waals surface area contributed by atoms with E-state index in [1.807, 2.05) is 0 Å². The summed E-state index contributed by atoms with van der Waals surface area (Å²) < 4.78 is 16.7. The van der Waals surface area contributed by atoms with Crippen molar-refractivity contribution in [1.29, 1.82) is 0 Å². The fourth-order valence-corrected chi connectivity index (χ4v) is 8.67. The maximum absolute atomic E-state index is 12.7. The third kappa shape index (κ3) is 54.3. The molecular weight excluding hydrogens is 841 g/mol. The van der Waals surface area contributed by atoms with Crippen molar-refractivity contribution in [2.45, 2.75) is 316 Å². The van der Waals surface area contributed by atoms with Gasteiger partial charge in [-0.25, -0.2) is 0 Å². The predicted octanol–water partition coefficient (Wildman–Crippen LogP) is 19.8. The van der Waals surface area contributed by atoms with Crippen LogP contribution in [0.25, 0.3) is 0 Å². The highest BCUT2D eigenvalue weighted by Gasteiger charge is 2.19. The molecule has 0 aromatic carbocycles. The lowest BCUT2D eigenvalue weighted by Crippen LogP contribution is -2.30. The minimum atomic E-state index is -0.762. The molecule has 0 aromatic rings. The summed E-state index contributed by atoms with van der Waals surface area (Å²) >= 11 is 0. The monoisotopic (exact) mass is 953 g/mol. The molecule has 6 nitrogen and oxygen atoms in total. The number of rotatable bonds is 54. The number of unbranched alkanes of at least 4 members (excludes halogenated alkanes) is 35. The van der Waals surface area contributed by atoms with Crippen molar-refractivity contribution in [3.8, 4) is 0 Å². The van der Waals surface area contributed by atoms with Crippen LogP contribution in [0.5, 0.6) is 0 Å². The van der Waals surface area contributed by atoms with Crippen LogP contribution < -0.4 is 0 Å². The van der Waals surface area contributed by atoms with Gasteiger partial charge in [0.2, 0.25) is 0 Å². The van der Waals surface area contributed by atoms with Crippen LogP contribution in [0.15, 0.2) is 48.6 Å². The quantitative estimate of drug-likeness (QED) is 0.0262. The highest BCUT2D eigenvalue weighted by molar-refractivity contribution is 5.71. The van der Waals surface area contributed by atoms with E-state index in [0.717, 1.165) is 83.5 Å². The van der Waals surface area contributed by atoms with E-state index in [4.69, 9.17) is 14.2 Å². The molecule has 6 heteroatoms.